The lowest BCUT2D eigenvalue weighted by Gasteiger charge is -2.03. The SMILES string of the molecule is COc1ccc(-c2cncc3cc(/C=C4/SC(=S)NC4=O)oc23)cn1. The van der Waals surface area contributed by atoms with E-state index in [4.69, 9.17) is 21.4 Å². The van der Waals surface area contributed by atoms with Crippen molar-refractivity contribution >= 4 is 51.3 Å². The molecule has 4 rings (SSSR count). The Balaban J connectivity index is 1.77. The molecular formula is C17H11N3O3S2. The summed E-state index contributed by atoms with van der Waals surface area (Å²) >= 11 is 6.21. The summed E-state index contributed by atoms with van der Waals surface area (Å²) < 4.78 is 11.5. The van der Waals surface area contributed by atoms with Crippen LogP contribution in [0.3, 0.4) is 0 Å². The lowest BCUT2D eigenvalue weighted by molar-refractivity contribution is -0.115. The molecule has 4 heterocycles. The summed E-state index contributed by atoms with van der Waals surface area (Å²) in [6.45, 7) is 0. The van der Waals surface area contributed by atoms with Crippen LogP contribution in [0.25, 0.3) is 28.2 Å². The fraction of sp³-hybridized carbons (Fsp3) is 0.0588. The molecule has 1 fully saturated rings. The van der Waals surface area contributed by atoms with E-state index >= 15 is 0 Å². The van der Waals surface area contributed by atoms with Gasteiger partial charge in [-0.25, -0.2) is 4.98 Å². The molecule has 0 spiro atoms. The molecule has 0 saturated carbocycles. The number of carbonyl (C=O) groups is 1. The van der Waals surface area contributed by atoms with E-state index in [-0.39, 0.29) is 5.91 Å². The van der Waals surface area contributed by atoms with Crippen molar-refractivity contribution in [2.75, 3.05) is 7.11 Å². The maximum atomic E-state index is 11.8. The average molecular weight is 369 g/mol. The molecule has 3 aromatic heterocycles. The summed E-state index contributed by atoms with van der Waals surface area (Å²) in [7, 11) is 1.57. The summed E-state index contributed by atoms with van der Waals surface area (Å²) in [5.74, 6) is 0.884. The number of methoxy groups -OCH3 is 1. The number of amides is 1. The number of furan rings is 1. The molecule has 0 bridgehead atoms. The third-order valence-corrected chi connectivity index (χ3v) is 4.78. The zero-order valence-corrected chi connectivity index (χ0v) is 14.6. The van der Waals surface area contributed by atoms with Gasteiger partial charge in [0.2, 0.25) is 5.88 Å². The first-order chi connectivity index (χ1) is 12.1. The summed E-state index contributed by atoms with van der Waals surface area (Å²) in [6, 6.07) is 5.51. The molecule has 1 N–H and O–H groups in total. The molecule has 0 aliphatic carbocycles. The van der Waals surface area contributed by atoms with Crippen LogP contribution in [0.2, 0.25) is 0 Å². The Hall–Kier alpha value is -2.71. The van der Waals surface area contributed by atoms with Gasteiger partial charge in [0.25, 0.3) is 5.91 Å². The summed E-state index contributed by atoms with van der Waals surface area (Å²) in [4.78, 5) is 20.8. The monoisotopic (exact) mass is 369 g/mol. The summed E-state index contributed by atoms with van der Waals surface area (Å²) in [5.41, 5.74) is 2.36. The van der Waals surface area contributed by atoms with Crippen LogP contribution in [0.1, 0.15) is 5.76 Å². The van der Waals surface area contributed by atoms with Gasteiger partial charge in [0.15, 0.2) is 0 Å². The standard InChI is InChI=1S/C17H11N3O3S2/c1-22-14-3-2-9(7-19-14)12-8-18-6-10-4-11(23-15(10)12)5-13-16(21)20-17(24)25-13/h2-8H,1H3,(H,20,21,24)/b13-5+. The van der Waals surface area contributed by atoms with Gasteiger partial charge < -0.3 is 14.5 Å². The first-order valence-corrected chi connectivity index (χ1v) is 8.49. The van der Waals surface area contributed by atoms with Gasteiger partial charge in [-0.15, -0.1) is 0 Å². The van der Waals surface area contributed by atoms with Gasteiger partial charge in [0, 0.05) is 47.2 Å². The number of nitrogens with zero attached hydrogens (tertiary/aromatic N) is 2. The molecule has 25 heavy (non-hydrogen) atoms. The summed E-state index contributed by atoms with van der Waals surface area (Å²) in [5, 5.41) is 3.42. The highest BCUT2D eigenvalue weighted by Gasteiger charge is 2.22. The molecule has 3 aromatic rings. The van der Waals surface area contributed by atoms with Crippen LogP contribution in [-0.2, 0) is 4.79 Å². The molecule has 1 aliphatic heterocycles. The quantitative estimate of drug-likeness (QED) is 0.560. The predicted molar refractivity (Wildman–Crippen MR) is 100 cm³/mol. The highest BCUT2D eigenvalue weighted by molar-refractivity contribution is 8.26. The number of rotatable bonds is 3. The van der Waals surface area contributed by atoms with Crippen LogP contribution in [0.5, 0.6) is 5.88 Å². The Morgan fingerprint density at radius 2 is 2.20 bits per heavy atom. The van der Waals surface area contributed by atoms with Crippen LogP contribution in [0, 0.1) is 0 Å². The van der Waals surface area contributed by atoms with Gasteiger partial charge in [-0.3, -0.25) is 9.78 Å². The minimum Gasteiger partial charge on any atom is -0.481 e. The topological polar surface area (TPSA) is 77.2 Å². The predicted octanol–water partition coefficient (Wildman–Crippen LogP) is 3.39. The van der Waals surface area contributed by atoms with Crippen LogP contribution >= 0.6 is 24.0 Å². The molecule has 0 aromatic carbocycles. The van der Waals surface area contributed by atoms with Gasteiger partial charge >= 0.3 is 0 Å². The number of thiocarbonyl (C=S) groups is 1. The van der Waals surface area contributed by atoms with Gasteiger partial charge in [-0.05, 0) is 12.1 Å². The van der Waals surface area contributed by atoms with E-state index in [1.54, 1.807) is 37.8 Å². The Bertz CT molecular complexity index is 1030. The Morgan fingerprint density at radius 3 is 2.88 bits per heavy atom. The number of thioether (sulfide) groups is 1. The zero-order valence-electron chi connectivity index (χ0n) is 13.0. The fourth-order valence-corrected chi connectivity index (χ4v) is 3.49. The maximum absolute atomic E-state index is 11.8. The Morgan fingerprint density at radius 1 is 1.32 bits per heavy atom. The van der Waals surface area contributed by atoms with Crippen molar-refractivity contribution in [1.82, 2.24) is 15.3 Å². The van der Waals surface area contributed by atoms with Crippen molar-refractivity contribution in [3.63, 3.8) is 0 Å². The highest BCUT2D eigenvalue weighted by atomic mass is 32.2. The number of aromatic nitrogens is 2. The van der Waals surface area contributed by atoms with E-state index < -0.39 is 0 Å². The lowest BCUT2D eigenvalue weighted by Crippen LogP contribution is -2.17. The van der Waals surface area contributed by atoms with Crippen molar-refractivity contribution in [2.24, 2.45) is 0 Å². The van der Waals surface area contributed by atoms with Crippen LogP contribution in [-0.4, -0.2) is 27.3 Å². The second-order valence-corrected chi connectivity index (χ2v) is 6.91. The fourth-order valence-electron chi connectivity index (χ4n) is 2.47. The molecule has 0 radical (unpaired) electrons. The average Bonchev–Trinajstić information content (AvgIpc) is 3.17. The molecule has 0 atom stereocenters. The highest BCUT2D eigenvalue weighted by Crippen LogP contribution is 2.32. The van der Waals surface area contributed by atoms with Crippen molar-refractivity contribution in [3.8, 4) is 17.0 Å². The third kappa shape index (κ3) is 3.01. The number of pyridine rings is 2. The number of nitrogens with one attached hydrogen (secondary N) is 1. The number of hydrogen-bond donors (Lipinski definition) is 1. The van der Waals surface area contributed by atoms with E-state index in [1.165, 1.54) is 11.8 Å². The van der Waals surface area contributed by atoms with E-state index in [0.29, 0.717) is 26.4 Å². The second-order valence-electron chi connectivity index (χ2n) is 5.20. The van der Waals surface area contributed by atoms with Crippen molar-refractivity contribution in [1.29, 1.82) is 0 Å². The third-order valence-electron chi connectivity index (χ3n) is 3.61. The smallest absolute Gasteiger partial charge is 0.263 e. The van der Waals surface area contributed by atoms with Gasteiger partial charge in [-0.1, -0.05) is 24.0 Å². The number of fused-ring (bicyclic) bond motifs is 1. The van der Waals surface area contributed by atoms with E-state index in [9.17, 15) is 4.79 Å². The molecule has 8 heteroatoms. The lowest BCUT2D eigenvalue weighted by atomic mass is 10.1. The summed E-state index contributed by atoms with van der Waals surface area (Å²) in [6.07, 6.45) is 6.82. The zero-order chi connectivity index (χ0) is 17.4. The van der Waals surface area contributed by atoms with Gasteiger partial charge in [0.1, 0.15) is 15.7 Å². The first kappa shape index (κ1) is 15.8. The van der Waals surface area contributed by atoms with Crippen molar-refractivity contribution in [3.05, 3.63) is 47.5 Å². The molecule has 124 valence electrons. The van der Waals surface area contributed by atoms with E-state index in [1.807, 2.05) is 12.1 Å². The normalized spacial score (nSPS) is 15.8. The van der Waals surface area contributed by atoms with Crippen LogP contribution in [0.15, 0.2) is 46.1 Å². The van der Waals surface area contributed by atoms with E-state index in [2.05, 4.69) is 15.3 Å². The van der Waals surface area contributed by atoms with Crippen LogP contribution in [0.4, 0.5) is 0 Å². The Labute approximate surface area is 152 Å². The number of hydrogen-bond acceptors (Lipinski definition) is 7. The molecule has 1 aliphatic rings. The van der Waals surface area contributed by atoms with E-state index in [0.717, 1.165) is 16.5 Å². The molecule has 0 unspecified atom stereocenters. The minimum atomic E-state index is -0.215. The second kappa shape index (κ2) is 6.30. The number of ether oxygens (including phenoxy) is 1. The Kier molecular flexibility index (Phi) is 3.98. The molecule has 1 saturated heterocycles. The van der Waals surface area contributed by atoms with Crippen molar-refractivity contribution in [2.45, 2.75) is 0 Å². The van der Waals surface area contributed by atoms with Gasteiger partial charge in [0.05, 0.1) is 12.0 Å². The minimum absolute atomic E-state index is 0.215. The van der Waals surface area contributed by atoms with Crippen molar-refractivity contribution < 1.29 is 13.9 Å². The maximum Gasteiger partial charge on any atom is 0.263 e. The molecule has 6 nitrogen and oxygen atoms in total. The largest absolute Gasteiger partial charge is 0.481 e. The molecule has 1 amide bonds. The molecular weight excluding hydrogens is 358 g/mol. The first-order valence-electron chi connectivity index (χ1n) is 7.27. The van der Waals surface area contributed by atoms with Gasteiger partial charge in [-0.2, -0.15) is 0 Å². The number of carbonyl (C=O) groups excluding carboxylic acids is 1. The van der Waals surface area contributed by atoms with Crippen LogP contribution < -0.4 is 10.1 Å².